The summed E-state index contributed by atoms with van der Waals surface area (Å²) in [4.78, 5) is 18.3. The SMILES string of the molecule is CC1CN(c2cc(C(=O)O)c3ccccc3n2)CCS1. The van der Waals surface area contributed by atoms with Gasteiger partial charge in [0, 0.05) is 29.5 Å². The number of para-hydroxylation sites is 1. The monoisotopic (exact) mass is 288 g/mol. The Morgan fingerprint density at radius 1 is 1.45 bits per heavy atom. The van der Waals surface area contributed by atoms with Crippen molar-refractivity contribution >= 4 is 34.5 Å². The molecule has 0 spiro atoms. The molecule has 4 nitrogen and oxygen atoms in total. The van der Waals surface area contributed by atoms with Gasteiger partial charge in [0.2, 0.25) is 0 Å². The molecule has 3 rings (SSSR count). The molecule has 0 bridgehead atoms. The van der Waals surface area contributed by atoms with Crippen molar-refractivity contribution in [2.24, 2.45) is 0 Å². The first-order valence-electron chi connectivity index (χ1n) is 6.65. The number of hydrogen-bond acceptors (Lipinski definition) is 4. The molecule has 1 N–H and O–H groups in total. The molecular weight excluding hydrogens is 272 g/mol. The second-order valence-electron chi connectivity index (χ2n) is 4.98. The average molecular weight is 288 g/mol. The third kappa shape index (κ3) is 2.45. The molecule has 0 radical (unpaired) electrons. The predicted molar refractivity (Wildman–Crippen MR) is 82.8 cm³/mol. The van der Waals surface area contributed by atoms with Gasteiger partial charge >= 0.3 is 5.97 Å². The van der Waals surface area contributed by atoms with E-state index in [1.54, 1.807) is 6.07 Å². The Hall–Kier alpha value is -1.75. The second-order valence-corrected chi connectivity index (χ2v) is 6.52. The number of carbonyl (C=O) groups is 1. The number of anilines is 1. The van der Waals surface area contributed by atoms with Gasteiger partial charge in [-0.1, -0.05) is 25.1 Å². The van der Waals surface area contributed by atoms with Crippen LogP contribution in [0, 0.1) is 0 Å². The molecule has 1 aliphatic rings. The smallest absolute Gasteiger partial charge is 0.336 e. The molecule has 2 heterocycles. The molecule has 1 aliphatic heterocycles. The van der Waals surface area contributed by atoms with Crippen molar-refractivity contribution < 1.29 is 9.90 Å². The zero-order valence-electron chi connectivity index (χ0n) is 11.2. The number of aromatic carboxylic acids is 1. The highest BCUT2D eigenvalue weighted by Crippen LogP contribution is 2.26. The standard InChI is InChI=1S/C15H16N2O2S/c1-10-9-17(6-7-20-10)14-8-12(15(18)19)11-4-2-3-5-13(11)16-14/h2-5,8,10H,6-7,9H2,1H3,(H,18,19). The highest BCUT2D eigenvalue weighted by Gasteiger charge is 2.20. The summed E-state index contributed by atoms with van der Waals surface area (Å²) in [6, 6.07) is 9.11. The van der Waals surface area contributed by atoms with Crippen LogP contribution in [0.4, 0.5) is 5.82 Å². The van der Waals surface area contributed by atoms with Crippen LogP contribution in [-0.4, -0.2) is 40.2 Å². The lowest BCUT2D eigenvalue weighted by molar-refractivity contribution is 0.0699. The molecule has 1 aromatic heterocycles. The minimum absolute atomic E-state index is 0.330. The molecule has 0 aliphatic carbocycles. The average Bonchev–Trinajstić information content (AvgIpc) is 2.46. The first-order chi connectivity index (χ1) is 9.65. The van der Waals surface area contributed by atoms with Crippen molar-refractivity contribution in [1.82, 2.24) is 4.98 Å². The summed E-state index contributed by atoms with van der Waals surface area (Å²) in [5, 5.41) is 10.7. The van der Waals surface area contributed by atoms with Crippen molar-refractivity contribution in [3.63, 3.8) is 0 Å². The van der Waals surface area contributed by atoms with Crippen LogP contribution < -0.4 is 4.90 Å². The van der Waals surface area contributed by atoms with Crippen LogP contribution in [0.5, 0.6) is 0 Å². The molecule has 0 saturated carbocycles. The number of aromatic nitrogens is 1. The van der Waals surface area contributed by atoms with E-state index in [4.69, 9.17) is 0 Å². The van der Waals surface area contributed by atoms with Crippen LogP contribution >= 0.6 is 11.8 Å². The second kappa shape index (κ2) is 5.32. The molecule has 0 amide bonds. The van der Waals surface area contributed by atoms with E-state index >= 15 is 0 Å². The fourth-order valence-corrected chi connectivity index (χ4v) is 3.54. The Balaban J connectivity index is 2.09. The summed E-state index contributed by atoms with van der Waals surface area (Å²) in [6.07, 6.45) is 0. The van der Waals surface area contributed by atoms with Crippen LogP contribution in [-0.2, 0) is 0 Å². The number of carboxylic acid groups (broad SMARTS) is 1. The summed E-state index contributed by atoms with van der Waals surface area (Å²) in [7, 11) is 0. The molecule has 104 valence electrons. The number of fused-ring (bicyclic) bond motifs is 1. The van der Waals surface area contributed by atoms with Gasteiger partial charge in [0.1, 0.15) is 5.82 Å². The van der Waals surface area contributed by atoms with Crippen LogP contribution in [0.2, 0.25) is 0 Å². The number of rotatable bonds is 2. The van der Waals surface area contributed by atoms with Crippen LogP contribution in [0.25, 0.3) is 10.9 Å². The molecule has 1 aromatic carbocycles. The quantitative estimate of drug-likeness (QED) is 0.921. The molecule has 1 atom stereocenters. The van der Waals surface area contributed by atoms with Gasteiger partial charge in [0.15, 0.2) is 0 Å². The predicted octanol–water partition coefficient (Wildman–Crippen LogP) is 2.87. The zero-order chi connectivity index (χ0) is 14.1. The summed E-state index contributed by atoms with van der Waals surface area (Å²) >= 11 is 1.94. The molecule has 1 saturated heterocycles. The Morgan fingerprint density at radius 3 is 3.00 bits per heavy atom. The molecule has 5 heteroatoms. The maximum absolute atomic E-state index is 11.5. The Morgan fingerprint density at radius 2 is 2.25 bits per heavy atom. The lowest BCUT2D eigenvalue weighted by atomic mass is 10.1. The fraction of sp³-hybridized carbons (Fsp3) is 0.333. The first-order valence-corrected chi connectivity index (χ1v) is 7.69. The van der Waals surface area contributed by atoms with E-state index in [-0.39, 0.29) is 0 Å². The summed E-state index contributed by atoms with van der Waals surface area (Å²) in [5.74, 6) is 0.926. The Kier molecular flexibility index (Phi) is 3.53. The first kappa shape index (κ1) is 13.2. The van der Waals surface area contributed by atoms with E-state index in [2.05, 4.69) is 16.8 Å². The third-order valence-electron chi connectivity index (χ3n) is 3.50. The van der Waals surface area contributed by atoms with Crippen molar-refractivity contribution in [3.8, 4) is 0 Å². The zero-order valence-corrected chi connectivity index (χ0v) is 12.1. The van der Waals surface area contributed by atoms with E-state index in [1.807, 2.05) is 36.0 Å². The van der Waals surface area contributed by atoms with E-state index in [0.717, 1.165) is 30.2 Å². The number of nitrogens with zero attached hydrogens (tertiary/aromatic N) is 2. The highest BCUT2D eigenvalue weighted by atomic mass is 32.2. The lowest BCUT2D eigenvalue weighted by Gasteiger charge is -2.31. The lowest BCUT2D eigenvalue weighted by Crippen LogP contribution is -2.37. The van der Waals surface area contributed by atoms with Gasteiger partial charge in [0.05, 0.1) is 11.1 Å². The van der Waals surface area contributed by atoms with Gasteiger partial charge in [-0.15, -0.1) is 0 Å². The van der Waals surface area contributed by atoms with Crippen molar-refractivity contribution in [2.45, 2.75) is 12.2 Å². The van der Waals surface area contributed by atoms with Crippen LogP contribution in [0.3, 0.4) is 0 Å². The third-order valence-corrected chi connectivity index (χ3v) is 4.63. The number of pyridine rings is 1. The van der Waals surface area contributed by atoms with Gasteiger partial charge < -0.3 is 10.0 Å². The van der Waals surface area contributed by atoms with E-state index < -0.39 is 5.97 Å². The maximum Gasteiger partial charge on any atom is 0.336 e. The van der Waals surface area contributed by atoms with Gasteiger partial charge in [-0.05, 0) is 12.1 Å². The fourth-order valence-electron chi connectivity index (χ4n) is 2.53. The minimum Gasteiger partial charge on any atom is -0.478 e. The molecule has 1 unspecified atom stereocenters. The molecule has 20 heavy (non-hydrogen) atoms. The largest absolute Gasteiger partial charge is 0.478 e. The van der Waals surface area contributed by atoms with E-state index in [0.29, 0.717) is 16.2 Å². The van der Waals surface area contributed by atoms with E-state index in [1.165, 1.54) is 0 Å². The Labute approximate surface area is 121 Å². The molecule has 2 aromatic rings. The molecule has 1 fully saturated rings. The van der Waals surface area contributed by atoms with Crippen LogP contribution in [0.1, 0.15) is 17.3 Å². The number of thioether (sulfide) groups is 1. The van der Waals surface area contributed by atoms with Crippen molar-refractivity contribution in [1.29, 1.82) is 0 Å². The van der Waals surface area contributed by atoms with Gasteiger partial charge in [-0.2, -0.15) is 11.8 Å². The van der Waals surface area contributed by atoms with Gasteiger partial charge in [-0.25, -0.2) is 9.78 Å². The normalized spacial score (nSPS) is 19.2. The van der Waals surface area contributed by atoms with Crippen molar-refractivity contribution in [2.75, 3.05) is 23.7 Å². The maximum atomic E-state index is 11.5. The number of hydrogen-bond donors (Lipinski definition) is 1. The minimum atomic E-state index is -0.899. The van der Waals surface area contributed by atoms with Crippen molar-refractivity contribution in [3.05, 3.63) is 35.9 Å². The highest BCUT2D eigenvalue weighted by molar-refractivity contribution is 8.00. The summed E-state index contributed by atoms with van der Waals surface area (Å²) in [5.41, 5.74) is 1.07. The topological polar surface area (TPSA) is 53.4 Å². The summed E-state index contributed by atoms with van der Waals surface area (Å²) in [6.45, 7) is 4.02. The number of benzene rings is 1. The Bertz CT molecular complexity index is 659. The number of carboxylic acids is 1. The van der Waals surface area contributed by atoms with Crippen LogP contribution in [0.15, 0.2) is 30.3 Å². The summed E-state index contributed by atoms with van der Waals surface area (Å²) < 4.78 is 0. The van der Waals surface area contributed by atoms with Gasteiger partial charge in [-0.3, -0.25) is 0 Å². The molecular formula is C15H16N2O2S. The van der Waals surface area contributed by atoms with E-state index in [9.17, 15) is 9.90 Å². The van der Waals surface area contributed by atoms with Gasteiger partial charge in [0.25, 0.3) is 0 Å².